The minimum Gasteiger partial charge on any atom is -0.481 e. The molecule has 90 valence electrons. The van der Waals surface area contributed by atoms with Crippen LogP contribution in [0, 0.1) is 11.7 Å². The minimum atomic E-state index is -0.838. The number of hydrogen-bond acceptors (Lipinski definition) is 3. The van der Waals surface area contributed by atoms with Crippen LogP contribution in [0.15, 0.2) is 18.3 Å². The van der Waals surface area contributed by atoms with Crippen molar-refractivity contribution in [1.29, 1.82) is 0 Å². The first-order valence-electron chi connectivity index (χ1n) is 5.21. The van der Waals surface area contributed by atoms with Crippen LogP contribution in [-0.4, -0.2) is 28.0 Å². The molecule has 0 saturated heterocycles. The zero-order valence-electron chi connectivity index (χ0n) is 8.89. The van der Waals surface area contributed by atoms with E-state index < -0.39 is 17.7 Å². The molecule has 0 aliphatic heterocycles. The highest BCUT2D eigenvalue weighted by Gasteiger charge is 2.35. The fourth-order valence-electron chi connectivity index (χ4n) is 1.71. The van der Waals surface area contributed by atoms with Gasteiger partial charge in [-0.05, 0) is 25.0 Å². The van der Waals surface area contributed by atoms with Gasteiger partial charge in [0.25, 0.3) is 5.91 Å². The van der Waals surface area contributed by atoms with Gasteiger partial charge in [0.15, 0.2) is 0 Å². The first-order valence-corrected chi connectivity index (χ1v) is 5.21. The number of pyridine rings is 1. The predicted molar refractivity (Wildman–Crippen MR) is 55.8 cm³/mol. The quantitative estimate of drug-likeness (QED) is 0.816. The predicted octanol–water partition coefficient (Wildman–Crippen LogP) is 0.814. The molecule has 1 saturated carbocycles. The number of aromatic nitrogens is 1. The number of nitrogens with one attached hydrogen (secondary N) is 1. The molecule has 1 aromatic heterocycles. The molecule has 0 spiro atoms. The van der Waals surface area contributed by atoms with E-state index in [1.54, 1.807) is 0 Å². The molecular formula is C11H11FN2O3. The van der Waals surface area contributed by atoms with Gasteiger partial charge < -0.3 is 10.4 Å². The van der Waals surface area contributed by atoms with E-state index >= 15 is 0 Å². The highest BCUT2D eigenvalue weighted by atomic mass is 19.1. The van der Waals surface area contributed by atoms with Crippen molar-refractivity contribution < 1.29 is 19.1 Å². The fourth-order valence-corrected chi connectivity index (χ4v) is 1.71. The van der Waals surface area contributed by atoms with E-state index in [2.05, 4.69) is 10.3 Å². The largest absolute Gasteiger partial charge is 0.481 e. The number of nitrogens with zero attached hydrogens (tertiary/aromatic N) is 1. The van der Waals surface area contributed by atoms with E-state index in [1.807, 2.05) is 0 Å². The van der Waals surface area contributed by atoms with E-state index in [9.17, 15) is 14.0 Å². The van der Waals surface area contributed by atoms with Crippen LogP contribution in [0.2, 0.25) is 0 Å². The Morgan fingerprint density at radius 1 is 1.41 bits per heavy atom. The van der Waals surface area contributed by atoms with Gasteiger partial charge in [0.05, 0.1) is 12.1 Å². The van der Waals surface area contributed by atoms with E-state index in [-0.39, 0.29) is 17.7 Å². The van der Waals surface area contributed by atoms with Gasteiger partial charge in [-0.15, -0.1) is 0 Å². The van der Waals surface area contributed by atoms with Gasteiger partial charge in [0.1, 0.15) is 11.5 Å². The number of aliphatic carboxylic acids is 1. The number of carbonyl (C=O) groups is 2. The van der Waals surface area contributed by atoms with Gasteiger partial charge in [-0.1, -0.05) is 0 Å². The molecule has 0 atom stereocenters. The summed E-state index contributed by atoms with van der Waals surface area (Å²) in [6.45, 7) is 0. The number of rotatable bonds is 3. The molecule has 0 unspecified atom stereocenters. The average Bonchev–Trinajstić information content (AvgIpc) is 2.23. The lowest BCUT2D eigenvalue weighted by atomic mass is 9.80. The van der Waals surface area contributed by atoms with Gasteiger partial charge in [-0.3, -0.25) is 9.59 Å². The maximum absolute atomic E-state index is 12.6. The van der Waals surface area contributed by atoms with Crippen molar-refractivity contribution in [2.75, 3.05) is 0 Å². The molecule has 2 N–H and O–H groups in total. The summed E-state index contributed by atoms with van der Waals surface area (Å²) >= 11 is 0. The molecule has 1 fully saturated rings. The zero-order chi connectivity index (χ0) is 12.4. The van der Waals surface area contributed by atoms with Gasteiger partial charge in [-0.2, -0.15) is 0 Å². The highest BCUT2D eigenvalue weighted by molar-refractivity contribution is 5.92. The summed E-state index contributed by atoms with van der Waals surface area (Å²) in [7, 11) is 0. The summed E-state index contributed by atoms with van der Waals surface area (Å²) in [5.74, 6) is -2.12. The standard InChI is InChI=1S/C11H11FN2O3/c12-7-1-2-9(13-5-7)10(15)14-8-3-6(4-8)11(16)17/h1-2,5-6,8H,3-4H2,(H,14,15)(H,16,17). The monoisotopic (exact) mass is 238 g/mol. The molecule has 0 bridgehead atoms. The van der Waals surface area contributed by atoms with Gasteiger partial charge in [-0.25, -0.2) is 9.37 Å². The Bertz CT molecular complexity index is 441. The van der Waals surface area contributed by atoms with Crippen molar-refractivity contribution in [2.24, 2.45) is 5.92 Å². The smallest absolute Gasteiger partial charge is 0.306 e. The zero-order valence-corrected chi connectivity index (χ0v) is 8.89. The lowest BCUT2D eigenvalue weighted by Gasteiger charge is -2.32. The fraction of sp³-hybridized carbons (Fsp3) is 0.364. The van der Waals surface area contributed by atoms with Crippen LogP contribution in [0.3, 0.4) is 0 Å². The number of carboxylic acid groups (broad SMARTS) is 1. The summed E-state index contributed by atoms with van der Waals surface area (Å²) in [5.41, 5.74) is 0.130. The van der Waals surface area contributed by atoms with E-state index in [0.29, 0.717) is 12.8 Å². The molecule has 1 amide bonds. The summed E-state index contributed by atoms with van der Waals surface area (Å²) in [4.78, 5) is 25.8. The van der Waals surface area contributed by atoms with Crippen LogP contribution < -0.4 is 5.32 Å². The summed E-state index contributed by atoms with van der Waals surface area (Å²) in [6, 6.07) is 2.32. The maximum Gasteiger partial charge on any atom is 0.306 e. The van der Waals surface area contributed by atoms with Gasteiger partial charge in [0, 0.05) is 6.04 Å². The number of carboxylic acids is 1. The van der Waals surface area contributed by atoms with E-state index in [1.165, 1.54) is 6.07 Å². The Morgan fingerprint density at radius 2 is 2.12 bits per heavy atom. The Labute approximate surface area is 96.7 Å². The van der Waals surface area contributed by atoms with Crippen molar-refractivity contribution in [2.45, 2.75) is 18.9 Å². The van der Waals surface area contributed by atoms with Crippen molar-refractivity contribution in [1.82, 2.24) is 10.3 Å². The lowest BCUT2D eigenvalue weighted by Crippen LogP contribution is -2.46. The second-order valence-electron chi connectivity index (χ2n) is 4.04. The Hall–Kier alpha value is -1.98. The number of carbonyl (C=O) groups excluding carboxylic acids is 1. The Morgan fingerprint density at radius 3 is 2.65 bits per heavy atom. The van der Waals surface area contributed by atoms with Crippen LogP contribution >= 0.6 is 0 Å². The third-order valence-electron chi connectivity index (χ3n) is 2.78. The molecule has 17 heavy (non-hydrogen) atoms. The second-order valence-corrected chi connectivity index (χ2v) is 4.04. The normalized spacial score (nSPS) is 22.6. The minimum absolute atomic E-state index is 0.129. The molecule has 1 aromatic rings. The van der Waals surface area contributed by atoms with Crippen LogP contribution in [0.5, 0.6) is 0 Å². The first kappa shape index (κ1) is 11.5. The van der Waals surface area contributed by atoms with Crippen LogP contribution in [0.4, 0.5) is 4.39 Å². The summed E-state index contributed by atoms with van der Waals surface area (Å²) in [6.07, 6.45) is 1.83. The van der Waals surface area contributed by atoms with Crippen molar-refractivity contribution in [3.8, 4) is 0 Å². The lowest BCUT2D eigenvalue weighted by molar-refractivity contribution is -0.145. The molecule has 0 aromatic carbocycles. The van der Waals surface area contributed by atoms with Crippen LogP contribution in [0.1, 0.15) is 23.3 Å². The Balaban J connectivity index is 1.87. The highest BCUT2D eigenvalue weighted by Crippen LogP contribution is 2.27. The maximum atomic E-state index is 12.6. The molecule has 6 heteroatoms. The average molecular weight is 238 g/mol. The molecular weight excluding hydrogens is 227 g/mol. The molecule has 1 aliphatic carbocycles. The summed E-state index contributed by atoms with van der Waals surface area (Å²) < 4.78 is 12.6. The van der Waals surface area contributed by atoms with Crippen LogP contribution in [0.25, 0.3) is 0 Å². The van der Waals surface area contributed by atoms with Crippen molar-refractivity contribution >= 4 is 11.9 Å². The van der Waals surface area contributed by atoms with Crippen LogP contribution in [-0.2, 0) is 4.79 Å². The summed E-state index contributed by atoms with van der Waals surface area (Å²) in [5, 5.41) is 11.3. The number of hydrogen-bond donors (Lipinski definition) is 2. The van der Waals surface area contributed by atoms with E-state index in [4.69, 9.17) is 5.11 Å². The number of halogens is 1. The second kappa shape index (κ2) is 4.48. The number of amides is 1. The third kappa shape index (κ3) is 2.58. The van der Waals surface area contributed by atoms with Gasteiger partial charge >= 0.3 is 5.97 Å². The SMILES string of the molecule is O=C(NC1CC(C(=O)O)C1)c1ccc(F)cn1. The molecule has 1 aliphatic rings. The molecule has 1 heterocycles. The molecule has 2 rings (SSSR count). The van der Waals surface area contributed by atoms with Crippen molar-refractivity contribution in [3.63, 3.8) is 0 Å². The van der Waals surface area contributed by atoms with Gasteiger partial charge in [0.2, 0.25) is 0 Å². The Kier molecular flexibility index (Phi) is 3.03. The van der Waals surface area contributed by atoms with Crippen molar-refractivity contribution in [3.05, 3.63) is 29.8 Å². The molecule has 5 nitrogen and oxygen atoms in total. The van der Waals surface area contributed by atoms with E-state index in [0.717, 1.165) is 12.3 Å². The first-order chi connectivity index (χ1) is 8.06. The third-order valence-corrected chi connectivity index (χ3v) is 2.78. The topological polar surface area (TPSA) is 79.3 Å². The molecule has 0 radical (unpaired) electrons.